The highest BCUT2D eigenvalue weighted by atomic mass is 16.1. The van der Waals surface area contributed by atoms with Gasteiger partial charge in [-0.2, -0.15) is 0 Å². The van der Waals surface area contributed by atoms with Gasteiger partial charge in [0.2, 0.25) is 11.8 Å². The van der Waals surface area contributed by atoms with Crippen LogP contribution in [-0.2, 0) is 4.79 Å². The molecular formula is C14H21N3O2. The summed E-state index contributed by atoms with van der Waals surface area (Å²) in [6.45, 7) is 4.42. The standard InChI is InChI=1S/C14H21N3O2/c1-9(8-15)3-6-13(18)17-12-5-4-11(14(16)19)7-10(12)2/h4-5,7,9H,3,6,8,15H2,1-2H3,(H2,16,19)(H,17,18). The van der Waals surface area contributed by atoms with Gasteiger partial charge in [0.15, 0.2) is 0 Å². The predicted molar refractivity (Wildman–Crippen MR) is 75.8 cm³/mol. The molecule has 1 unspecified atom stereocenters. The van der Waals surface area contributed by atoms with Crippen LogP contribution in [0, 0.1) is 12.8 Å². The van der Waals surface area contributed by atoms with Crippen molar-refractivity contribution in [3.8, 4) is 0 Å². The number of anilines is 1. The second kappa shape index (κ2) is 6.89. The molecule has 2 amide bonds. The van der Waals surface area contributed by atoms with E-state index < -0.39 is 5.91 Å². The molecular weight excluding hydrogens is 242 g/mol. The zero-order valence-electron chi connectivity index (χ0n) is 11.4. The van der Waals surface area contributed by atoms with Gasteiger partial charge < -0.3 is 16.8 Å². The van der Waals surface area contributed by atoms with Crippen LogP contribution in [0.4, 0.5) is 5.69 Å². The Kier molecular flexibility index (Phi) is 5.51. The first kappa shape index (κ1) is 15.2. The third kappa shape index (κ3) is 4.71. The maximum absolute atomic E-state index is 11.8. The molecule has 0 heterocycles. The third-order valence-electron chi connectivity index (χ3n) is 3.05. The number of carbonyl (C=O) groups is 2. The second-order valence-electron chi connectivity index (χ2n) is 4.82. The summed E-state index contributed by atoms with van der Waals surface area (Å²) < 4.78 is 0. The molecule has 0 aromatic heterocycles. The molecule has 1 aromatic rings. The molecule has 1 rings (SSSR count). The van der Waals surface area contributed by atoms with E-state index in [2.05, 4.69) is 5.32 Å². The summed E-state index contributed by atoms with van der Waals surface area (Å²) in [5.41, 5.74) is 12.7. The van der Waals surface area contributed by atoms with E-state index in [-0.39, 0.29) is 5.91 Å². The van der Waals surface area contributed by atoms with Crippen LogP contribution < -0.4 is 16.8 Å². The Bertz CT molecular complexity index is 472. The maximum atomic E-state index is 11.8. The van der Waals surface area contributed by atoms with Gasteiger partial charge in [-0.3, -0.25) is 9.59 Å². The largest absolute Gasteiger partial charge is 0.366 e. The fourth-order valence-electron chi connectivity index (χ4n) is 1.67. The Hall–Kier alpha value is -1.88. The summed E-state index contributed by atoms with van der Waals surface area (Å²) in [5, 5.41) is 2.82. The molecule has 0 radical (unpaired) electrons. The Morgan fingerprint density at radius 2 is 2.05 bits per heavy atom. The lowest BCUT2D eigenvalue weighted by molar-refractivity contribution is -0.116. The minimum Gasteiger partial charge on any atom is -0.366 e. The van der Waals surface area contributed by atoms with E-state index >= 15 is 0 Å². The van der Waals surface area contributed by atoms with Gasteiger partial charge in [-0.15, -0.1) is 0 Å². The number of amides is 2. The molecule has 1 aromatic carbocycles. The number of aryl methyl sites for hydroxylation is 1. The average Bonchev–Trinajstić information content (AvgIpc) is 2.38. The number of hydrogen-bond acceptors (Lipinski definition) is 3. The molecule has 0 saturated carbocycles. The second-order valence-corrected chi connectivity index (χ2v) is 4.82. The van der Waals surface area contributed by atoms with Crippen LogP contribution in [0.2, 0.25) is 0 Å². The zero-order valence-corrected chi connectivity index (χ0v) is 11.4. The number of primary amides is 1. The molecule has 5 nitrogen and oxygen atoms in total. The van der Waals surface area contributed by atoms with E-state index in [4.69, 9.17) is 11.5 Å². The SMILES string of the molecule is Cc1cc(C(N)=O)ccc1NC(=O)CCC(C)CN. The highest BCUT2D eigenvalue weighted by molar-refractivity contribution is 5.95. The first-order chi connectivity index (χ1) is 8.93. The average molecular weight is 263 g/mol. The van der Waals surface area contributed by atoms with Gasteiger partial charge in [-0.1, -0.05) is 6.92 Å². The number of nitrogens with two attached hydrogens (primary N) is 2. The lowest BCUT2D eigenvalue weighted by Crippen LogP contribution is -2.17. The summed E-state index contributed by atoms with van der Waals surface area (Å²) in [6, 6.07) is 4.97. The van der Waals surface area contributed by atoms with Gasteiger partial charge in [0.1, 0.15) is 0 Å². The topological polar surface area (TPSA) is 98.2 Å². The highest BCUT2D eigenvalue weighted by Gasteiger charge is 2.09. The molecule has 0 aliphatic rings. The van der Waals surface area contributed by atoms with Crippen molar-refractivity contribution < 1.29 is 9.59 Å². The van der Waals surface area contributed by atoms with Crippen LogP contribution in [0.25, 0.3) is 0 Å². The maximum Gasteiger partial charge on any atom is 0.248 e. The summed E-state index contributed by atoms with van der Waals surface area (Å²) in [5.74, 6) is -0.183. The van der Waals surface area contributed by atoms with E-state index in [1.54, 1.807) is 18.2 Å². The molecule has 0 spiro atoms. The number of benzene rings is 1. The first-order valence-electron chi connectivity index (χ1n) is 6.34. The van der Waals surface area contributed by atoms with Crippen molar-refractivity contribution in [3.63, 3.8) is 0 Å². The van der Waals surface area contributed by atoms with Gasteiger partial charge >= 0.3 is 0 Å². The van der Waals surface area contributed by atoms with Crippen molar-refractivity contribution >= 4 is 17.5 Å². The van der Waals surface area contributed by atoms with Crippen molar-refractivity contribution in [1.29, 1.82) is 0 Å². The summed E-state index contributed by atoms with van der Waals surface area (Å²) in [7, 11) is 0. The lowest BCUT2D eigenvalue weighted by atomic mass is 10.1. The number of rotatable bonds is 6. The minimum absolute atomic E-state index is 0.0461. The molecule has 1 atom stereocenters. The predicted octanol–water partition coefficient (Wildman–Crippen LogP) is 1.41. The first-order valence-corrected chi connectivity index (χ1v) is 6.34. The van der Waals surface area contributed by atoms with Crippen molar-refractivity contribution in [2.45, 2.75) is 26.7 Å². The van der Waals surface area contributed by atoms with Gasteiger partial charge in [0, 0.05) is 17.7 Å². The van der Waals surface area contributed by atoms with Crippen molar-refractivity contribution in [1.82, 2.24) is 0 Å². The quantitative estimate of drug-likeness (QED) is 0.723. The van der Waals surface area contributed by atoms with E-state index in [9.17, 15) is 9.59 Å². The fraction of sp³-hybridized carbons (Fsp3) is 0.429. The zero-order chi connectivity index (χ0) is 14.4. The van der Waals surface area contributed by atoms with E-state index in [0.717, 1.165) is 12.0 Å². The Balaban J connectivity index is 2.62. The minimum atomic E-state index is -0.474. The summed E-state index contributed by atoms with van der Waals surface area (Å²) in [4.78, 5) is 22.8. The smallest absolute Gasteiger partial charge is 0.248 e. The Morgan fingerprint density at radius 3 is 2.58 bits per heavy atom. The fourth-order valence-corrected chi connectivity index (χ4v) is 1.67. The van der Waals surface area contributed by atoms with E-state index in [1.807, 2.05) is 13.8 Å². The lowest BCUT2D eigenvalue weighted by Gasteiger charge is -2.11. The Morgan fingerprint density at radius 1 is 1.37 bits per heavy atom. The summed E-state index contributed by atoms with van der Waals surface area (Å²) >= 11 is 0. The molecule has 0 saturated heterocycles. The van der Waals surface area contributed by atoms with Crippen LogP contribution in [0.1, 0.15) is 35.7 Å². The van der Waals surface area contributed by atoms with Crippen LogP contribution in [-0.4, -0.2) is 18.4 Å². The van der Waals surface area contributed by atoms with Gasteiger partial charge in [0.25, 0.3) is 0 Å². The van der Waals surface area contributed by atoms with Gasteiger partial charge in [-0.25, -0.2) is 0 Å². The van der Waals surface area contributed by atoms with Gasteiger partial charge in [-0.05, 0) is 49.6 Å². The molecule has 0 aliphatic carbocycles. The summed E-state index contributed by atoms with van der Waals surface area (Å²) in [6.07, 6.45) is 1.20. The Labute approximate surface area is 113 Å². The van der Waals surface area contributed by atoms with Crippen LogP contribution in [0.5, 0.6) is 0 Å². The van der Waals surface area contributed by atoms with Crippen LogP contribution >= 0.6 is 0 Å². The monoisotopic (exact) mass is 263 g/mol. The molecule has 5 heteroatoms. The molecule has 0 bridgehead atoms. The molecule has 0 fully saturated rings. The van der Waals surface area contributed by atoms with Crippen molar-refractivity contribution in [3.05, 3.63) is 29.3 Å². The number of nitrogens with one attached hydrogen (secondary N) is 1. The number of carbonyl (C=O) groups excluding carboxylic acids is 2. The molecule has 0 aliphatic heterocycles. The van der Waals surface area contributed by atoms with Crippen molar-refractivity contribution in [2.24, 2.45) is 17.4 Å². The molecule has 104 valence electrons. The van der Waals surface area contributed by atoms with Crippen molar-refractivity contribution in [2.75, 3.05) is 11.9 Å². The third-order valence-corrected chi connectivity index (χ3v) is 3.05. The highest BCUT2D eigenvalue weighted by Crippen LogP contribution is 2.17. The number of hydrogen-bond donors (Lipinski definition) is 3. The molecule has 19 heavy (non-hydrogen) atoms. The van der Waals surface area contributed by atoms with Gasteiger partial charge in [0.05, 0.1) is 0 Å². The normalized spacial score (nSPS) is 11.9. The van der Waals surface area contributed by atoms with E-state index in [1.165, 1.54) is 0 Å². The van der Waals surface area contributed by atoms with Crippen LogP contribution in [0.3, 0.4) is 0 Å². The van der Waals surface area contributed by atoms with E-state index in [0.29, 0.717) is 30.1 Å². The van der Waals surface area contributed by atoms with Crippen LogP contribution in [0.15, 0.2) is 18.2 Å². The molecule has 5 N–H and O–H groups in total.